The van der Waals surface area contributed by atoms with Gasteiger partial charge in [0.25, 0.3) is 0 Å². The first-order chi connectivity index (χ1) is 17.4. The summed E-state index contributed by atoms with van der Waals surface area (Å²) in [6.45, 7) is 13.2. The molecule has 0 atom stereocenters. The number of nitrogen functional groups attached to an aromatic ring is 1. The summed E-state index contributed by atoms with van der Waals surface area (Å²) in [5, 5.41) is 10.6. The number of benzene rings is 2. The van der Waals surface area contributed by atoms with Crippen LogP contribution in [0.2, 0.25) is 0 Å². The number of nitrogens with one attached hydrogen (secondary N) is 1. The lowest BCUT2D eigenvalue weighted by molar-refractivity contribution is -0.105. The molecule has 1 aliphatic heterocycles. The van der Waals surface area contributed by atoms with Crippen LogP contribution in [0.25, 0.3) is 10.9 Å². The van der Waals surface area contributed by atoms with Crippen molar-refractivity contribution in [2.75, 3.05) is 61.9 Å². The van der Waals surface area contributed by atoms with Crippen LogP contribution in [-0.2, 0) is 9.53 Å². The molecule has 9 heteroatoms. The van der Waals surface area contributed by atoms with Crippen molar-refractivity contribution in [3.8, 4) is 5.97 Å². The van der Waals surface area contributed by atoms with E-state index in [1.54, 1.807) is 6.07 Å². The number of ether oxygens (including phenoxy) is 1. The van der Waals surface area contributed by atoms with Crippen molar-refractivity contribution in [2.45, 2.75) is 20.8 Å². The predicted molar refractivity (Wildman–Crippen MR) is 148 cm³/mol. The topological polar surface area (TPSA) is 108 Å². The number of hydrogen-bond donors (Lipinski definition) is 2. The minimum Gasteiger partial charge on any atom is -0.398 e. The van der Waals surface area contributed by atoms with Crippen LogP contribution >= 0.6 is 0 Å². The molecule has 4 rings (SSSR count). The lowest BCUT2D eigenvalue weighted by atomic mass is 10.1. The average Bonchev–Trinajstić information content (AvgIpc) is 2.90. The van der Waals surface area contributed by atoms with Crippen molar-refractivity contribution in [2.24, 2.45) is 0 Å². The molecule has 0 unspecified atom stereocenters. The van der Waals surface area contributed by atoms with Crippen molar-refractivity contribution < 1.29 is 9.53 Å². The number of carbonyl (C=O) groups excluding carboxylic acids is 1. The Kier molecular flexibility index (Phi) is 12.2. The number of rotatable bonds is 7. The van der Waals surface area contributed by atoms with Crippen LogP contribution < -0.4 is 16.0 Å². The second-order valence-electron chi connectivity index (χ2n) is 8.22. The van der Waals surface area contributed by atoms with Crippen molar-refractivity contribution in [3.05, 3.63) is 59.8 Å². The third-order valence-corrected chi connectivity index (χ3v) is 6.00. The highest BCUT2D eigenvalue weighted by Crippen LogP contribution is 2.27. The van der Waals surface area contributed by atoms with E-state index >= 15 is 0 Å². The quantitative estimate of drug-likeness (QED) is 0.299. The molecular formula is C27H35BN6O2. The van der Waals surface area contributed by atoms with Gasteiger partial charge in [-0.15, -0.1) is 0 Å². The maximum absolute atomic E-state index is 10.4. The van der Waals surface area contributed by atoms with Gasteiger partial charge in [0, 0.05) is 67.5 Å². The number of fused-ring (bicyclic) bond motifs is 1. The zero-order valence-electron chi connectivity index (χ0n) is 21.4. The number of anilines is 3. The summed E-state index contributed by atoms with van der Waals surface area (Å²) in [6.07, 6.45) is 0.645. The third-order valence-electron chi connectivity index (χ3n) is 6.00. The first-order valence-corrected chi connectivity index (χ1v) is 12.0. The Morgan fingerprint density at radius 2 is 1.83 bits per heavy atom. The SMILES string of the molecule is CCOCCN1CCN(c2ccccc2)CC1.Cc1nc2ccc(NC=O)cc2c(N)c1C.[B]C#N. The lowest BCUT2D eigenvalue weighted by Crippen LogP contribution is -2.47. The van der Waals surface area contributed by atoms with Gasteiger partial charge in [-0.2, -0.15) is 0 Å². The Morgan fingerprint density at radius 3 is 2.44 bits per heavy atom. The van der Waals surface area contributed by atoms with Gasteiger partial charge in [-0.05, 0) is 62.6 Å². The molecular weight excluding hydrogens is 451 g/mol. The van der Waals surface area contributed by atoms with Gasteiger partial charge in [0.2, 0.25) is 14.3 Å². The van der Waals surface area contributed by atoms with Crippen LogP contribution in [0.15, 0.2) is 48.5 Å². The van der Waals surface area contributed by atoms with Crippen molar-refractivity contribution in [1.29, 1.82) is 5.26 Å². The first kappa shape index (κ1) is 28.6. The number of aromatic nitrogens is 1. The molecule has 0 saturated carbocycles. The monoisotopic (exact) mass is 486 g/mol. The summed E-state index contributed by atoms with van der Waals surface area (Å²) in [6, 6.07) is 16.2. The highest BCUT2D eigenvalue weighted by atomic mass is 16.5. The molecule has 2 radical (unpaired) electrons. The number of nitrogens with two attached hydrogens (primary N) is 1. The van der Waals surface area contributed by atoms with Crippen molar-refractivity contribution >= 4 is 42.2 Å². The minimum atomic E-state index is 0.645. The predicted octanol–water partition coefficient (Wildman–Crippen LogP) is 3.48. The minimum absolute atomic E-state index is 0.645. The maximum Gasteiger partial charge on any atom is 0.229 e. The largest absolute Gasteiger partial charge is 0.398 e. The summed E-state index contributed by atoms with van der Waals surface area (Å²) in [4.78, 5) is 19.7. The number of nitrogens with zero attached hydrogens (tertiary/aromatic N) is 4. The van der Waals surface area contributed by atoms with Crippen molar-refractivity contribution in [1.82, 2.24) is 9.88 Å². The number of hydrogen-bond acceptors (Lipinski definition) is 7. The highest BCUT2D eigenvalue weighted by molar-refractivity contribution is 6.20. The molecule has 36 heavy (non-hydrogen) atoms. The van der Waals surface area contributed by atoms with E-state index in [1.165, 1.54) is 11.7 Å². The van der Waals surface area contributed by atoms with Crippen molar-refractivity contribution in [3.63, 3.8) is 0 Å². The number of piperazine rings is 1. The van der Waals surface area contributed by atoms with Crippen LogP contribution in [-0.4, -0.2) is 70.1 Å². The fraction of sp³-hybridized carbons (Fsp3) is 0.370. The second kappa shape index (κ2) is 15.4. The summed E-state index contributed by atoms with van der Waals surface area (Å²) < 4.78 is 5.39. The lowest BCUT2D eigenvalue weighted by Gasteiger charge is -2.36. The van der Waals surface area contributed by atoms with Gasteiger partial charge in [0.15, 0.2) is 0 Å². The summed E-state index contributed by atoms with van der Waals surface area (Å²) in [7, 11) is 4.15. The van der Waals surface area contributed by atoms with Crippen LogP contribution in [0.5, 0.6) is 0 Å². The number of aryl methyl sites for hydroxylation is 1. The molecule has 1 amide bonds. The highest BCUT2D eigenvalue weighted by Gasteiger charge is 2.16. The Bertz CT molecular complexity index is 1130. The van der Waals surface area contributed by atoms with Crippen LogP contribution in [0.3, 0.4) is 0 Å². The molecule has 1 aromatic heterocycles. The summed E-state index contributed by atoms with van der Waals surface area (Å²) in [5.74, 6) is 1.25. The van der Waals surface area contributed by atoms with E-state index in [0.29, 0.717) is 6.41 Å². The fourth-order valence-corrected chi connectivity index (χ4v) is 3.87. The molecule has 0 spiro atoms. The van der Waals surface area contributed by atoms with Crippen LogP contribution in [0.1, 0.15) is 18.2 Å². The Hall–Kier alpha value is -3.61. The molecule has 188 valence electrons. The van der Waals surface area contributed by atoms with E-state index in [2.05, 4.69) is 58.3 Å². The van der Waals surface area contributed by atoms with E-state index in [1.807, 2.05) is 32.9 Å². The third kappa shape index (κ3) is 8.56. The van der Waals surface area contributed by atoms with Crippen LogP contribution in [0.4, 0.5) is 17.1 Å². The molecule has 2 aromatic carbocycles. The van der Waals surface area contributed by atoms with Gasteiger partial charge < -0.3 is 20.7 Å². The van der Waals surface area contributed by atoms with E-state index in [-0.39, 0.29) is 0 Å². The fourth-order valence-electron chi connectivity index (χ4n) is 3.87. The van der Waals surface area contributed by atoms with Crippen LogP contribution in [0, 0.1) is 25.1 Å². The number of amides is 1. The summed E-state index contributed by atoms with van der Waals surface area (Å²) in [5.41, 5.74) is 11.6. The molecule has 3 N–H and O–H groups in total. The molecule has 1 aliphatic rings. The smallest absolute Gasteiger partial charge is 0.229 e. The van der Waals surface area contributed by atoms with Gasteiger partial charge >= 0.3 is 0 Å². The van der Waals surface area contributed by atoms with E-state index in [0.717, 1.165) is 79.5 Å². The first-order valence-electron chi connectivity index (χ1n) is 12.0. The van der Waals surface area contributed by atoms with Gasteiger partial charge in [0.05, 0.1) is 12.1 Å². The standard InChI is InChI=1S/C14H22N2O.C12H13N3O.CBN/c1-2-17-13-12-15-8-10-16(11-9-15)14-6-4-3-5-7-14;1-7-8(2)15-11-4-3-9(14-6-16)5-10(11)12(7)13;2-1-3/h3-7H,2,8-13H2,1H3;3-6H,1-2H3,(H2,13,15)(H,14,16);. The number of nitriles is 1. The molecule has 1 fully saturated rings. The van der Waals surface area contributed by atoms with Gasteiger partial charge in [-0.1, -0.05) is 18.2 Å². The average molecular weight is 486 g/mol. The van der Waals surface area contributed by atoms with E-state index in [9.17, 15) is 4.79 Å². The Balaban J connectivity index is 0.000000229. The molecule has 8 nitrogen and oxygen atoms in total. The summed E-state index contributed by atoms with van der Waals surface area (Å²) >= 11 is 0. The number of para-hydroxylation sites is 1. The zero-order chi connectivity index (χ0) is 26.3. The molecule has 0 aliphatic carbocycles. The molecule has 0 bridgehead atoms. The van der Waals surface area contributed by atoms with Gasteiger partial charge in [0.1, 0.15) is 0 Å². The van der Waals surface area contributed by atoms with Gasteiger partial charge in [-0.25, -0.2) is 5.26 Å². The van der Waals surface area contributed by atoms with Gasteiger partial charge in [-0.3, -0.25) is 14.7 Å². The maximum atomic E-state index is 10.4. The molecule has 2 heterocycles. The Labute approximate surface area is 215 Å². The molecule has 1 saturated heterocycles. The normalized spacial score (nSPS) is 13.0. The zero-order valence-corrected chi connectivity index (χ0v) is 21.4. The van der Waals surface area contributed by atoms with E-state index in [4.69, 9.17) is 15.7 Å². The number of pyridine rings is 1. The number of carbonyl (C=O) groups is 1. The second-order valence-corrected chi connectivity index (χ2v) is 8.22. The molecule has 3 aromatic rings. The van der Waals surface area contributed by atoms with E-state index < -0.39 is 0 Å². The Morgan fingerprint density at radius 1 is 1.17 bits per heavy atom.